The van der Waals surface area contributed by atoms with Crippen LogP contribution in [0.15, 0.2) is 36.5 Å². The molecule has 4 heteroatoms. The molecule has 1 heterocycles. The number of hydrogen-bond donors (Lipinski definition) is 1. The maximum Gasteiger partial charge on any atom is 0.123 e. The molecule has 0 fully saturated rings. The summed E-state index contributed by atoms with van der Waals surface area (Å²) in [5, 5.41) is 12.5. The second-order valence-corrected chi connectivity index (χ2v) is 5.61. The van der Waals surface area contributed by atoms with Gasteiger partial charge < -0.3 is 9.88 Å². The van der Waals surface area contributed by atoms with Gasteiger partial charge in [0.1, 0.15) is 17.6 Å². The van der Waals surface area contributed by atoms with Crippen LogP contribution in [0.3, 0.4) is 0 Å². The Kier molecular flexibility index (Phi) is 4.77. The summed E-state index contributed by atoms with van der Waals surface area (Å²) in [6.45, 7) is 4.94. The van der Waals surface area contributed by atoms with Crippen molar-refractivity contribution in [3.63, 3.8) is 0 Å². The average molecular weight is 285 g/mol. The van der Waals surface area contributed by atoms with Gasteiger partial charge in [-0.05, 0) is 35.2 Å². The predicted octanol–water partition coefficient (Wildman–Crippen LogP) is 3.52. The highest BCUT2D eigenvalue weighted by Crippen LogP contribution is 2.22. The molecule has 1 aromatic carbocycles. The zero-order valence-corrected chi connectivity index (χ0v) is 12.6. The molecule has 0 aliphatic rings. The highest BCUT2D eigenvalue weighted by molar-refractivity contribution is 5.28. The first kappa shape index (κ1) is 15.3. The van der Waals surface area contributed by atoms with Gasteiger partial charge in [0.25, 0.3) is 0 Å². The Bertz CT molecular complexity index is 635. The quantitative estimate of drug-likeness (QED) is 0.913. The third kappa shape index (κ3) is 3.71. The van der Waals surface area contributed by atoms with Crippen molar-refractivity contribution in [2.24, 2.45) is 13.0 Å². The van der Waals surface area contributed by atoms with Crippen LogP contribution < -0.4 is 5.32 Å². The van der Waals surface area contributed by atoms with E-state index < -0.39 is 0 Å². The standard InChI is InChI=1S/C17H20FN3/c1-12(2)17(14-4-6-15(18)7-5-14)20-10-13-8-16(9-19)21(3)11-13/h4-8,11-12,17,20H,10H2,1-3H3. The van der Waals surface area contributed by atoms with E-state index in [0.29, 0.717) is 18.2 Å². The maximum atomic E-state index is 13.0. The van der Waals surface area contributed by atoms with Crippen LogP contribution in [0.5, 0.6) is 0 Å². The smallest absolute Gasteiger partial charge is 0.123 e. The van der Waals surface area contributed by atoms with Crippen LogP contribution >= 0.6 is 0 Å². The van der Waals surface area contributed by atoms with Crippen LogP contribution in [0.4, 0.5) is 4.39 Å². The second kappa shape index (κ2) is 6.55. The number of aromatic nitrogens is 1. The van der Waals surface area contributed by atoms with Gasteiger partial charge in [-0.15, -0.1) is 0 Å². The van der Waals surface area contributed by atoms with Crippen LogP contribution in [0.25, 0.3) is 0 Å². The molecule has 0 radical (unpaired) electrons. The fourth-order valence-electron chi connectivity index (χ4n) is 2.48. The van der Waals surface area contributed by atoms with E-state index in [-0.39, 0.29) is 11.9 Å². The summed E-state index contributed by atoms with van der Waals surface area (Å²) in [4.78, 5) is 0. The molecule has 110 valence electrons. The molecule has 1 unspecified atom stereocenters. The molecule has 0 amide bonds. The molecule has 2 rings (SSSR count). The number of rotatable bonds is 5. The van der Waals surface area contributed by atoms with Gasteiger partial charge in [0.15, 0.2) is 0 Å². The van der Waals surface area contributed by atoms with Crippen molar-refractivity contribution in [1.82, 2.24) is 9.88 Å². The van der Waals surface area contributed by atoms with Gasteiger partial charge in [0.05, 0.1) is 0 Å². The van der Waals surface area contributed by atoms with E-state index in [1.54, 1.807) is 0 Å². The van der Waals surface area contributed by atoms with E-state index in [4.69, 9.17) is 5.26 Å². The van der Waals surface area contributed by atoms with E-state index in [2.05, 4.69) is 25.2 Å². The molecule has 0 spiro atoms. The molecule has 3 nitrogen and oxygen atoms in total. The molecular formula is C17H20FN3. The van der Waals surface area contributed by atoms with Crippen molar-refractivity contribution in [3.8, 4) is 6.07 Å². The average Bonchev–Trinajstić information content (AvgIpc) is 2.81. The Labute approximate surface area is 125 Å². The van der Waals surface area contributed by atoms with Gasteiger partial charge in [-0.3, -0.25) is 0 Å². The minimum absolute atomic E-state index is 0.149. The van der Waals surface area contributed by atoms with E-state index in [1.165, 1.54) is 12.1 Å². The number of hydrogen-bond acceptors (Lipinski definition) is 2. The van der Waals surface area contributed by atoms with Crippen LogP contribution in [-0.2, 0) is 13.6 Å². The molecule has 0 saturated heterocycles. The highest BCUT2D eigenvalue weighted by atomic mass is 19.1. The first-order valence-corrected chi connectivity index (χ1v) is 7.05. The molecule has 2 aromatic rings. The second-order valence-electron chi connectivity index (χ2n) is 5.61. The summed E-state index contributed by atoms with van der Waals surface area (Å²) in [6, 6.07) is 10.8. The number of nitrogens with one attached hydrogen (secondary N) is 1. The first-order chi connectivity index (χ1) is 10.0. The monoisotopic (exact) mass is 285 g/mol. The van der Waals surface area contributed by atoms with Crippen LogP contribution in [-0.4, -0.2) is 4.57 Å². The van der Waals surface area contributed by atoms with Crippen molar-refractivity contribution in [2.45, 2.75) is 26.4 Å². The van der Waals surface area contributed by atoms with Gasteiger partial charge in [0.2, 0.25) is 0 Å². The van der Waals surface area contributed by atoms with Crippen LogP contribution in [0.2, 0.25) is 0 Å². The lowest BCUT2D eigenvalue weighted by molar-refractivity contribution is 0.410. The molecule has 0 saturated carbocycles. The fourth-order valence-corrected chi connectivity index (χ4v) is 2.48. The largest absolute Gasteiger partial charge is 0.342 e. The summed E-state index contributed by atoms with van der Waals surface area (Å²) < 4.78 is 14.9. The molecule has 1 aromatic heterocycles. The molecule has 21 heavy (non-hydrogen) atoms. The summed E-state index contributed by atoms with van der Waals surface area (Å²) in [6.07, 6.45) is 1.95. The van der Waals surface area contributed by atoms with Gasteiger partial charge in [0, 0.05) is 25.8 Å². The minimum atomic E-state index is -0.219. The number of aryl methyl sites for hydroxylation is 1. The Morgan fingerprint density at radius 3 is 2.48 bits per heavy atom. The van der Waals surface area contributed by atoms with E-state index in [0.717, 1.165) is 11.1 Å². The lowest BCUT2D eigenvalue weighted by Crippen LogP contribution is -2.25. The third-order valence-corrected chi connectivity index (χ3v) is 3.60. The van der Waals surface area contributed by atoms with Crippen molar-refractivity contribution in [2.75, 3.05) is 0 Å². The molecule has 1 atom stereocenters. The number of nitrogens with zero attached hydrogens (tertiary/aromatic N) is 2. The predicted molar refractivity (Wildman–Crippen MR) is 80.9 cm³/mol. The van der Waals surface area contributed by atoms with Crippen molar-refractivity contribution < 1.29 is 4.39 Å². The Morgan fingerprint density at radius 2 is 1.95 bits per heavy atom. The number of benzene rings is 1. The zero-order chi connectivity index (χ0) is 15.4. The highest BCUT2D eigenvalue weighted by Gasteiger charge is 2.15. The molecule has 0 aliphatic carbocycles. The van der Waals surface area contributed by atoms with E-state index in [1.807, 2.05) is 36.0 Å². The Morgan fingerprint density at radius 1 is 1.29 bits per heavy atom. The summed E-state index contributed by atoms with van der Waals surface area (Å²) >= 11 is 0. The lowest BCUT2D eigenvalue weighted by Gasteiger charge is -2.23. The van der Waals surface area contributed by atoms with Crippen LogP contribution in [0, 0.1) is 23.1 Å². The van der Waals surface area contributed by atoms with Gasteiger partial charge >= 0.3 is 0 Å². The third-order valence-electron chi connectivity index (χ3n) is 3.60. The van der Waals surface area contributed by atoms with Gasteiger partial charge in [-0.2, -0.15) is 5.26 Å². The zero-order valence-electron chi connectivity index (χ0n) is 12.6. The number of nitriles is 1. The van der Waals surface area contributed by atoms with Gasteiger partial charge in [-0.25, -0.2) is 4.39 Å². The normalized spacial score (nSPS) is 12.4. The van der Waals surface area contributed by atoms with E-state index >= 15 is 0 Å². The molecule has 0 aliphatic heterocycles. The first-order valence-electron chi connectivity index (χ1n) is 7.05. The van der Waals surface area contributed by atoms with Crippen LogP contribution in [0.1, 0.15) is 36.7 Å². The van der Waals surface area contributed by atoms with Crippen molar-refractivity contribution in [1.29, 1.82) is 5.26 Å². The SMILES string of the molecule is CC(C)C(NCc1cc(C#N)n(C)c1)c1ccc(F)cc1. The van der Waals surface area contributed by atoms with Crippen molar-refractivity contribution in [3.05, 3.63) is 59.2 Å². The summed E-state index contributed by atoms with van der Waals surface area (Å²) in [5.74, 6) is 0.164. The number of halogens is 1. The molecular weight excluding hydrogens is 265 g/mol. The fraction of sp³-hybridized carbons (Fsp3) is 0.353. The van der Waals surface area contributed by atoms with Gasteiger partial charge in [-0.1, -0.05) is 26.0 Å². The summed E-state index contributed by atoms with van der Waals surface area (Å²) in [7, 11) is 1.86. The minimum Gasteiger partial charge on any atom is -0.342 e. The Balaban J connectivity index is 2.10. The lowest BCUT2D eigenvalue weighted by atomic mass is 9.96. The topological polar surface area (TPSA) is 40.8 Å². The molecule has 0 bridgehead atoms. The molecule has 1 N–H and O–H groups in total. The maximum absolute atomic E-state index is 13.0. The Hall–Kier alpha value is -2.12. The van der Waals surface area contributed by atoms with E-state index in [9.17, 15) is 4.39 Å². The van der Waals surface area contributed by atoms with Crippen molar-refractivity contribution >= 4 is 0 Å². The summed E-state index contributed by atoms with van der Waals surface area (Å²) in [5.41, 5.74) is 2.79.